The van der Waals surface area contributed by atoms with E-state index in [2.05, 4.69) is 13.2 Å². The molecule has 0 aliphatic rings. The average Bonchev–Trinajstić information content (AvgIpc) is 2.69. The molecule has 2 N–H and O–H groups in total. The summed E-state index contributed by atoms with van der Waals surface area (Å²) in [5.74, 6) is -2.56. The second-order valence-corrected chi connectivity index (χ2v) is 8.61. The summed E-state index contributed by atoms with van der Waals surface area (Å²) in [5.41, 5.74) is 8.91. The van der Waals surface area contributed by atoms with Gasteiger partial charge in [0.2, 0.25) is 0 Å². The maximum atomic E-state index is 12.6. The fourth-order valence-corrected chi connectivity index (χ4v) is 4.21. The minimum Gasteiger partial charge on any atom is -0.478 e. The van der Waals surface area contributed by atoms with Gasteiger partial charge in [-0.2, -0.15) is 0 Å². The maximum absolute atomic E-state index is 12.6. The van der Waals surface area contributed by atoms with Gasteiger partial charge in [-0.15, -0.1) is 0 Å². The van der Waals surface area contributed by atoms with Crippen LogP contribution < -0.4 is 0 Å². The molecular weight excluding hydrogens is 400 g/mol. The van der Waals surface area contributed by atoms with E-state index in [9.17, 15) is 19.8 Å². The summed E-state index contributed by atoms with van der Waals surface area (Å²) in [5, 5.41) is 20.5. The monoisotopic (exact) mass is 432 g/mol. The highest BCUT2D eigenvalue weighted by molar-refractivity contribution is 6.37. The second-order valence-electron chi connectivity index (χ2n) is 8.61. The highest BCUT2D eigenvalue weighted by Gasteiger charge is 2.28. The van der Waals surface area contributed by atoms with E-state index in [0.717, 1.165) is 55.7 Å². The molecule has 2 aromatic carbocycles. The van der Waals surface area contributed by atoms with Crippen molar-refractivity contribution in [3.05, 3.63) is 80.9 Å². The number of hydrogen-bond acceptors (Lipinski definition) is 2. The molecule has 4 nitrogen and oxygen atoms in total. The molecule has 0 saturated heterocycles. The SMILES string of the molecule is C=C(C)c1cc(/C(C(=O)O)=C(\C(=O)O)c2cc(C(=C)C)c(C)c(C)c2C)c(C)c(C)c1C. The Balaban J connectivity index is 3.16. The Morgan fingerprint density at radius 1 is 0.562 bits per heavy atom. The van der Waals surface area contributed by atoms with Crippen LogP contribution in [-0.4, -0.2) is 22.2 Å². The minimum absolute atomic E-state index is 0.223. The molecular formula is C28H32O4. The molecule has 0 aliphatic carbocycles. The molecule has 0 saturated carbocycles. The Morgan fingerprint density at radius 2 is 0.812 bits per heavy atom. The summed E-state index contributed by atoms with van der Waals surface area (Å²) in [4.78, 5) is 25.1. The van der Waals surface area contributed by atoms with E-state index in [1.165, 1.54) is 0 Å². The molecule has 32 heavy (non-hydrogen) atoms. The van der Waals surface area contributed by atoms with Crippen LogP contribution in [-0.2, 0) is 9.59 Å². The van der Waals surface area contributed by atoms with Crippen LogP contribution in [0.1, 0.15) is 69.5 Å². The van der Waals surface area contributed by atoms with Gasteiger partial charge in [0.15, 0.2) is 0 Å². The largest absolute Gasteiger partial charge is 0.478 e. The van der Waals surface area contributed by atoms with E-state index in [1.807, 2.05) is 55.4 Å². The zero-order valence-electron chi connectivity index (χ0n) is 20.3. The van der Waals surface area contributed by atoms with Crippen molar-refractivity contribution < 1.29 is 19.8 Å². The third-order valence-electron chi connectivity index (χ3n) is 6.58. The summed E-state index contributed by atoms with van der Waals surface area (Å²) in [7, 11) is 0. The third-order valence-corrected chi connectivity index (χ3v) is 6.58. The Morgan fingerprint density at radius 3 is 1.03 bits per heavy atom. The van der Waals surface area contributed by atoms with Crippen LogP contribution in [0, 0.1) is 41.5 Å². The van der Waals surface area contributed by atoms with Gasteiger partial charge in [0.1, 0.15) is 0 Å². The van der Waals surface area contributed by atoms with Gasteiger partial charge in [-0.25, -0.2) is 9.59 Å². The van der Waals surface area contributed by atoms with Crippen LogP contribution in [0.15, 0.2) is 25.3 Å². The van der Waals surface area contributed by atoms with Gasteiger partial charge in [0.25, 0.3) is 0 Å². The summed E-state index contributed by atoms with van der Waals surface area (Å²) in [6.07, 6.45) is 0. The van der Waals surface area contributed by atoms with Crippen LogP contribution in [0.2, 0.25) is 0 Å². The van der Waals surface area contributed by atoms with Gasteiger partial charge in [0.05, 0.1) is 11.1 Å². The molecule has 168 valence electrons. The van der Waals surface area contributed by atoms with Crippen molar-refractivity contribution in [2.24, 2.45) is 0 Å². The minimum atomic E-state index is -1.28. The van der Waals surface area contributed by atoms with Gasteiger partial charge in [-0.3, -0.25) is 0 Å². The molecule has 0 bridgehead atoms. The van der Waals surface area contributed by atoms with Crippen molar-refractivity contribution in [1.29, 1.82) is 0 Å². The van der Waals surface area contributed by atoms with Gasteiger partial charge in [0, 0.05) is 0 Å². The number of carboxylic acid groups (broad SMARTS) is 2. The predicted octanol–water partition coefficient (Wildman–Crippen LogP) is 6.68. The van der Waals surface area contributed by atoms with Crippen LogP contribution in [0.5, 0.6) is 0 Å². The molecule has 4 heteroatoms. The standard InChI is InChI=1S/C28H32O4/c1-13(2)21-11-23(19(9)15(5)17(21)7)25(27(29)30)26(28(31)32)24-12-22(14(3)4)18(8)16(6)20(24)10/h11-12H,1,3H2,2,4-10H3,(H,29,30)(H,31,32)/b26-25+. The zero-order valence-corrected chi connectivity index (χ0v) is 20.3. The number of benzene rings is 2. The number of carboxylic acids is 2. The number of hydrogen-bond donors (Lipinski definition) is 2. The Labute approximate surface area is 190 Å². The van der Waals surface area contributed by atoms with E-state index >= 15 is 0 Å². The number of aliphatic carboxylic acids is 2. The van der Waals surface area contributed by atoms with Crippen LogP contribution in [0.25, 0.3) is 22.3 Å². The smallest absolute Gasteiger partial charge is 0.337 e. The van der Waals surface area contributed by atoms with Crippen LogP contribution in [0.4, 0.5) is 0 Å². The van der Waals surface area contributed by atoms with E-state index < -0.39 is 11.9 Å². The lowest BCUT2D eigenvalue weighted by atomic mass is 9.82. The normalized spacial score (nSPS) is 11.8. The first kappa shape index (κ1) is 24.9. The lowest BCUT2D eigenvalue weighted by Crippen LogP contribution is -2.14. The van der Waals surface area contributed by atoms with Crippen molar-refractivity contribution in [3.63, 3.8) is 0 Å². The average molecular weight is 433 g/mol. The summed E-state index contributed by atoms with van der Waals surface area (Å²) in [6, 6.07) is 3.50. The van der Waals surface area contributed by atoms with Crippen molar-refractivity contribution >= 4 is 34.2 Å². The fraction of sp³-hybridized carbons (Fsp3) is 0.286. The highest BCUT2D eigenvalue weighted by Crippen LogP contribution is 2.37. The number of rotatable bonds is 6. The van der Waals surface area contributed by atoms with Crippen molar-refractivity contribution in [2.45, 2.75) is 55.4 Å². The number of allylic oxidation sites excluding steroid dienone is 2. The van der Waals surface area contributed by atoms with Crippen LogP contribution >= 0.6 is 0 Å². The molecule has 0 aliphatic heterocycles. The molecule has 2 rings (SSSR count). The molecule has 0 radical (unpaired) electrons. The quantitative estimate of drug-likeness (QED) is 0.394. The summed E-state index contributed by atoms with van der Waals surface area (Å²) in [6.45, 7) is 23.2. The maximum Gasteiger partial charge on any atom is 0.337 e. The third kappa shape index (κ3) is 4.18. The molecule has 0 unspecified atom stereocenters. The Kier molecular flexibility index (Phi) is 6.99. The van der Waals surface area contributed by atoms with Gasteiger partial charge < -0.3 is 10.2 Å². The zero-order chi connectivity index (χ0) is 24.7. The van der Waals surface area contributed by atoms with E-state index in [1.54, 1.807) is 12.1 Å². The van der Waals surface area contributed by atoms with E-state index in [4.69, 9.17) is 0 Å². The molecule has 0 amide bonds. The molecule has 0 heterocycles. The second kappa shape index (κ2) is 8.99. The summed E-state index contributed by atoms with van der Waals surface area (Å²) < 4.78 is 0. The number of carbonyl (C=O) groups is 2. The first-order valence-electron chi connectivity index (χ1n) is 10.5. The molecule has 0 spiro atoms. The van der Waals surface area contributed by atoms with Crippen molar-refractivity contribution in [1.82, 2.24) is 0 Å². The highest BCUT2D eigenvalue weighted by atomic mass is 16.4. The topological polar surface area (TPSA) is 74.6 Å². The van der Waals surface area contributed by atoms with E-state index in [0.29, 0.717) is 11.1 Å². The van der Waals surface area contributed by atoms with Gasteiger partial charge >= 0.3 is 11.9 Å². The van der Waals surface area contributed by atoms with E-state index in [-0.39, 0.29) is 11.1 Å². The Bertz CT molecular complexity index is 1130. The molecule has 0 fully saturated rings. The lowest BCUT2D eigenvalue weighted by molar-refractivity contribution is -0.132. The molecule has 0 atom stereocenters. The molecule has 0 aromatic heterocycles. The van der Waals surface area contributed by atoms with Crippen LogP contribution in [0.3, 0.4) is 0 Å². The van der Waals surface area contributed by atoms with Gasteiger partial charge in [-0.05, 0) is 123 Å². The van der Waals surface area contributed by atoms with Crippen molar-refractivity contribution in [3.8, 4) is 0 Å². The first-order valence-corrected chi connectivity index (χ1v) is 10.5. The Hall–Kier alpha value is -3.40. The predicted molar refractivity (Wildman–Crippen MR) is 133 cm³/mol. The first-order chi connectivity index (χ1) is 14.7. The fourth-order valence-electron chi connectivity index (χ4n) is 4.21. The molecule has 2 aromatic rings. The summed E-state index contributed by atoms with van der Waals surface area (Å²) >= 11 is 0. The lowest BCUT2D eigenvalue weighted by Gasteiger charge is -2.21. The van der Waals surface area contributed by atoms with Crippen molar-refractivity contribution in [2.75, 3.05) is 0 Å². The van der Waals surface area contributed by atoms with Gasteiger partial charge in [-0.1, -0.05) is 24.3 Å².